The Morgan fingerprint density at radius 1 is 1.55 bits per heavy atom. The molecular formula is C8H11BrN2. The van der Waals surface area contributed by atoms with Gasteiger partial charge in [-0.15, -0.1) is 23.6 Å². The molecule has 0 aromatic carbocycles. The van der Waals surface area contributed by atoms with Crippen LogP contribution in [0.4, 0.5) is 0 Å². The van der Waals surface area contributed by atoms with Crippen LogP contribution in [0.3, 0.4) is 0 Å². The van der Waals surface area contributed by atoms with Gasteiger partial charge in [0, 0.05) is 6.42 Å². The van der Waals surface area contributed by atoms with Crippen molar-refractivity contribution in [2.45, 2.75) is 6.42 Å². The summed E-state index contributed by atoms with van der Waals surface area (Å²) >= 11 is 0. The molecule has 0 radical (unpaired) electrons. The summed E-state index contributed by atoms with van der Waals surface area (Å²) in [5.74, 6) is 0.935. The zero-order valence-electron chi connectivity index (χ0n) is 6.21. The molecule has 0 aliphatic heterocycles. The lowest BCUT2D eigenvalue weighted by atomic mass is 10.4. The van der Waals surface area contributed by atoms with Crippen LogP contribution in [0.15, 0.2) is 25.4 Å². The first-order chi connectivity index (χ1) is 4.86. The Balaban J connectivity index is 0.000001000. The maximum absolute atomic E-state index is 4.08. The summed E-state index contributed by atoms with van der Waals surface area (Å²) in [6.07, 6.45) is 6.09. The van der Waals surface area contributed by atoms with Crippen molar-refractivity contribution in [1.82, 2.24) is 9.97 Å². The molecule has 0 saturated carbocycles. The van der Waals surface area contributed by atoms with Crippen molar-refractivity contribution in [2.24, 2.45) is 0 Å². The fourth-order valence-electron chi connectivity index (χ4n) is 0.723. The van der Waals surface area contributed by atoms with Crippen LogP contribution in [0.2, 0.25) is 0 Å². The van der Waals surface area contributed by atoms with Gasteiger partial charge < -0.3 is 4.98 Å². The molecule has 0 aliphatic rings. The number of allylic oxidation sites excluding steroid dienone is 1. The highest BCUT2D eigenvalue weighted by Gasteiger charge is 1.92. The monoisotopic (exact) mass is 214 g/mol. The highest BCUT2D eigenvalue weighted by Crippen LogP contribution is 1.98. The average molecular weight is 215 g/mol. The number of H-pyrrole nitrogens is 1. The first-order valence-electron chi connectivity index (χ1n) is 3.14. The van der Waals surface area contributed by atoms with E-state index in [0.29, 0.717) is 0 Å². The minimum Gasteiger partial charge on any atom is -0.342 e. The molecule has 2 nitrogen and oxygen atoms in total. The Morgan fingerprint density at radius 2 is 2.27 bits per heavy atom. The molecule has 0 spiro atoms. The number of aromatic amines is 1. The van der Waals surface area contributed by atoms with Gasteiger partial charge in [-0.2, -0.15) is 0 Å². The number of nitrogens with zero attached hydrogens (tertiary/aromatic N) is 1. The van der Waals surface area contributed by atoms with E-state index >= 15 is 0 Å². The lowest BCUT2D eigenvalue weighted by Crippen LogP contribution is -1.82. The third kappa shape index (κ3) is 2.72. The van der Waals surface area contributed by atoms with E-state index in [1.54, 1.807) is 12.3 Å². The van der Waals surface area contributed by atoms with Crippen molar-refractivity contribution in [2.75, 3.05) is 0 Å². The minimum atomic E-state index is 0. The van der Waals surface area contributed by atoms with Gasteiger partial charge in [0.15, 0.2) is 0 Å². The van der Waals surface area contributed by atoms with E-state index in [4.69, 9.17) is 0 Å². The van der Waals surface area contributed by atoms with Crippen LogP contribution >= 0.6 is 17.0 Å². The number of imidazole rings is 1. The molecule has 0 atom stereocenters. The summed E-state index contributed by atoms with van der Waals surface area (Å²) in [4.78, 5) is 7.14. The largest absolute Gasteiger partial charge is 0.342 e. The van der Waals surface area contributed by atoms with Crippen molar-refractivity contribution >= 4 is 23.1 Å². The first kappa shape index (κ1) is 10.2. The van der Waals surface area contributed by atoms with E-state index < -0.39 is 0 Å². The Morgan fingerprint density at radius 3 is 2.73 bits per heavy atom. The van der Waals surface area contributed by atoms with E-state index in [2.05, 4.69) is 23.1 Å². The van der Waals surface area contributed by atoms with Crippen molar-refractivity contribution in [3.05, 3.63) is 36.9 Å². The fraction of sp³-hybridized carbons (Fsp3) is 0.125. The summed E-state index contributed by atoms with van der Waals surface area (Å²) in [5, 5.41) is 0. The molecule has 0 fully saturated rings. The van der Waals surface area contributed by atoms with E-state index in [1.807, 2.05) is 6.08 Å². The quantitative estimate of drug-likeness (QED) is 0.770. The third-order valence-corrected chi connectivity index (χ3v) is 1.21. The number of rotatable bonds is 3. The molecule has 0 bridgehead atoms. The predicted molar refractivity (Wildman–Crippen MR) is 52.9 cm³/mol. The molecule has 0 unspecified atom stereocenters. The molecule has 1 rings (SSSR count). The number of aromatic nitrogens is 2. The van der Waals surface area contributed by atoms with Gasteiger partial charge in [-0.1, -0.05) is 12.7 Å². The molecule has 1 N–H and O–H groups in total. The second-order valence-electron chi connectivity index (χ2n) is 1.98. The van der Waals surface area contributed by atoms with Crippen molar-refractivity contribution in [3.8, 4) is 0 Å². The van der Waals surface area contributed by atoms with Gasteiger partial charge in [-0.05, 0) is 6.08 Å². The smallest absolute Gasteiger partial charge is 0.110 e. The number of hydrogen-bond acceptors (Lipinski definition) is 1. The van der Waals surface area contributed by atoms with Gasteiger partial charge in [-0.3, -0.25) is 0 Å². The first-order valence-corrected chi connectivity index (χ1v) is 3.14. The normalized spacial score (nSPS) is 8.36. The number of nitrogens with one attached hydrogen (secondary N) is 1. The maximum atomic E-state index is 4.08. The Bertz CT molecular complexity index is 240. The van der Waals surface area contributed by atoms with Gasteiger partial charge in [-0.25, -0.2) is 4.98 Å². The standard InChI is InChI=1S/C8H10N2.BrH/c1-3-5-8-9-6-7(4-2)10-8;/h3-4,6H,1-2,5H2,(H,9,10);1H. The number of hydrogen-bond donors (Lipinski definition) is 1. The van der Waals surface area contributed by atoms with Crippen LogP contribution < -0.4 is 0 Å². The molecule has 60 valence electrons. The van der Waals surface area contributed by atoms with Crippen LogP contribution in [0.1, 0.15) is 11.5 Å². The Hall–Kier alpha value is -0.830. The summed E-state index contributed by atoms with van der Waals surface area (Å²) in [6.45, 7) is 7.21. The maximum Gasteiger partial charge on any atom is 0.110 e. The van der Waals surface area contributed by atoms with E-state index in [9.17, 15) is 0 Å². The molecule has 0 amide bonds. The van der Waals surface area contributed by atoms with Crippen LogP contribution in [0.5, 0.6) is 0 Å². The molecule has 1 aromatic heterocycles. The molecule has 1 heterocycles. The molecule has 0 saturated heterocycles. The van der Waals surface area contributed by atoms with Crippen molar-refractivity contribution in [1.29, 1.82) is 0 Å². The van der Waals surface area contributed by atoms with Gasteiger partial charge in [0.05, 0.1) is 11.9 Å². The van der Waals surface area contributed by atoms with E-state index in [0.717, 1.165) is 17.9 Å². The summed E-state index contributed by atoms with van der Waals surface area (Å²) < 4.78 is 0. The van der Waals surface area contributed by atoms with Gasteiger partial charge in [0.25, 0.3) is 0 Å². The van der Waals surface area contributed by atoms with E-state index in [-0.39, 0.29) is 17.0 Å². The third-order valence-electron chi connectivity index (χ3n) is 1.21. The zero-order valence-corrected chi connectivity index (χ0v) is 7.92. The molecule has 11 heavy (non-hydrogen) atoms. The SMILES string of the molecule is Br.C=CCc1ncc(C=C)[nH]1. The summed E-state index contributed by atoms with van der Waals surface area (Å²) in [6, 6.07) is 0. The van der Waals surface area contributed by atoms with Crippen LogP contribution in [0, 0.1) is 0 Å². The highest BCUT2D eigenvalue weighted by atomic mass is 79.9. The van der Waals surface area contributed by atoms with Gasteiger partial charge >= 0.3 is 0 Å². The van der Waals surface area contributed by atoms with Gasteiger partial charge in [0.2, 0.25) is 0 Å². The number of halogens is 1. The van der Waals surface area contributed by atoms with Crippen LogP contribution in [-0.4, -0.2) is 9.97 Å². The summed E-state index contributed by atoms with van der Waals surface area (Å²) in [5.41, 5.74) is 0.955. The molecule has 1 aromatic rings. The van der Waals surface area contributed by atoms with E-state index in [1.165, 1.54) is 0 Å². The Kier molecular flexibility index (Phi) is 4.54. The second-order valence-corrected chi connectivity index (χ2v) is 1.98. The topological polar surface area (TPSA) is 28.7 Å². The lowest BCUT2D eigenvalue weighted by Gasteiger charge is -1.84. The van der Waals surface area contributed by atoms with Crippen molar-refractivity contribution < 1.29 is 0 Å². The predicted octanol–water partition coefficient (Wildman–Crippen LogP) is 2.36. The average Bonchev–Trinajstić information content (AvgIpc) is 2.37. The minimum absolute atomic E-state index is 0. The lowest BCUT2D eigenvalue weighted by molar-refractivity contribution is 1.06. The highest BCUT2D eigenvalue weighted by molar-refractivity contribution is 8.93. The van der Waals surface area contributed by atoms with Crippen molar-refractivity contribution in [3.63, 3.8) is 0 Å². The van der Waals surface area contributed by atoms with Gasteiger partial charge in [0.1, 0.15) is 5.82 Å². The zero-order chi connectivity index (χ0) is 7.40. The summed E-state index contributed by atoms with van der Waals surface area (Å²) in [7, 11) is 0. The Labute approximate surface area is 76.8 Å². The molecular weight excluding hydrogens is 204 g/mol. The van der Waals surface area contributed by atoms with Crippen LogP contribution in [0.25, 0.3) is 6.08 Å². The van der Waals surface area contributed by atoms with Crippen LogP contribution in [-0.2, 0) is 6.42 Å². The fourth-order valence-corrected chi connectivity index (χ4v) is 0.723. The molecule has 3 heteroatoms. The molecule has 0 aliphatic carbocycles. The second kappa shape index (κ2) is 4.91.